The van der Waals surface area contributed by atoms with Crippen LogP contribution in [-0.4, -0.2) is 15.8 Å². The second-order valence-corrected chi connectivity index (χ2v) is 1.57. The third-order valence-electron chi connectivity index (χ3n) is 0.831. The van der Waals surface area contributed by atoms with Gasteiger partial charge in [0.2, 0.25) is 0 Å². The first-order valence-electron chi connectivity index (χ1n) is 2.51. The van der Waals surface area contributed by atoms with Gasteiger partial charge in [-0.05, 0) is 6.07 Å². The van der Waals surface area contributed by atoms with E-state index in [9.17, 15) is 4.79 Å². The van der Waals surface area contributed by atoms with E-state index in [1.807, 2.05) is 0 Å². The van der Waals surface area contributed by atoms with Gasteiger partial charge in [-0.15, -0.1) is 0 Å². The van der Waals surface area contributed by atoms with Gasteiger partial charge in [-0.25, -0.2) is 9.97 Å². The van der Waals surface area contributed by atoms with Crippen LogP contribution in [0.25, 0.3) is 0 Å². The van der Waals surface area contributed by atoms with Gasteiger partial charge in [0.15, 0.2) is 11.6 Å². The van der Waals surface area contributed by atoms with Gasteiger partial charge in [0.05, 0.1) is 6.20 Å². The Balaban J connectivity index is 2.98. The molecule has 0 aliphatic carbocycles. The molecule has 0 fully saturated rings. The maximum atomic E-state index is 10.5. The van der Waals surface area contributed by atoms with Crippen LogP contribution in [-0.2, 0) is 0 Å². The van der Waals surface area contributed by atoms with Gasteiger partial charge in [0, 0.05) is 13.1 Å². The van der Waals surface area contributed by atoms with Gasteiger partial charge in [-0.1, -0.05) is 0 Å². The van der Waals surface area contributed by atoms with Crippen molar-refractivity contribution in [2.24, 2.45) is 0 Å². The van der Waals surface area contributed by atoms with Crippen molar-refractivity contribution in [3.05, 3.63) is 24.3 Å². The Morgan fingerprint density at radius 2 is 2.56 bits per heavy atom. The van der Waals surface area contributed by atoms with Gasteiger partial charge in [-0.3, -0.25) is 4.79 Å². The number of ketones is 1. The number of aromatic nitrogens is 2. The Hall–Kier alpha value is -1.25. The molecule has 3 nitrogen and oxygen atoms in total. The Morgan fingerprint density at radius 3 is 2.89 bits per heavy atom. The highest BCUT2D eigenvalue weighted by atomic mass is 16.1. The quantitative estimate of drug-likeness (QED) is 0.507. The SMILES string of the molecule is CC(=O)c1n[c]ccn1. The van der Waals surface area contributed by atoms with Crippen molar-refractivity contribution in [3.8, 4) is 0 Å². The van der Waals surface area contributed by atoms with Crippen molar-refractivity contribution in [2.75, 3.05) is 0 Å². The number of Topliss-reactive ketones (excluding diaryl/α,β-unsaturated/α-hetero) is 1. The van der Waals surface area contributed by atoms with Crippen LogP contribution >= 0.6 is 0 Å². The van der Waals surface area contributed by atoms with Crippen molar-refractivity contribution in [1.82, 2.24) is 9.97 Å². The molecule has 0 amide bonds. The lowest BCUT2D eigenvalue weighted by Crippen LogP contribution is -1.98. The molecule has 0 N–H and O–H groups in total. The molecule has 1 rings (SSSR count). The fourth-order valence-corrected chi connectivity index (χ4v) is 0.438. The zero-order chi connectivity index (χ0) is 6.69. The zero-order valence-corrected chi connectivity index (χ0v) is 4.96. The van der Waals surface area contributed by atoms with E-state index in [0.29, 0.717) is 0 Å². The second kappa shape index (κ2) is 2.35. The number of rotatable bonds is 1. The summed E-state index contributed by atoms with van der Waals surface area (Å²) in [7, 11) is 0. The third-order valence-corrected chi connectivity index (χ3v) is 0.831. The lowest BCUT2D eigenvalue weighted by Gasteiger charge is -1.86. The highest BCUT2D eigenvalue weighted by Crippen LogP contribution is 1.85. The summed E-state index contributed by atoms with van der Waals surface area (Å²) in [6, 6.07) is 1.55. The van der Waals surface area contributed by atoms with E-state index in [1.54, 1.807) is 6.07 Å². The second-order valence-electron chi connectivity index (χ2n) is 1.57. The van der Waals surface area contributed by atoms with Crippen molar-refractivity contribution in [3.63, 3.8) is 0 Å². The summed E-state index contributed by atoms with van der Waals surface area (Å²) in [5.74, 6) is 0.0874. The van der Waals surface area contributed by atoms with Crippen molar-refractivity contribution >= 4 is 5.78 Å². The van der Waals surface area contributed by atoms with Crippen LogP contribution in [0, 0.1) is 6.20 Å². The van der Waals surface area contributed by atoms with E-state index in [4.69, 9.17) is 0 Å². The summed E-state index contributed by atoms with van der Waals surface area (Å²) in [6.07, 6.45) is 4.00. The molecule has 1 aromatic rings. The van der Waals surface area contributed by atoms with Crippen LogP contribution in [0.2, 0.25) is 0 Å². The third kappa shape index (κ3) is 1.32. The van der Waals surface area contributed by atoms with E-state index in [0.717, 1.165) is 0 Å². The highest BCUT2D eigenvalue weighted by molar-refractivity contribution is 5.89. The van der Waals surface area contributed by atoms with Gasteiger partial charge in [-0.2, -0.15) is 0 Å². The topological polar surface area (TPSA) is 42.9 Å². The summed E-state index contributed by atoms with van der Waals surface area (Å²) in [5, 5.41) is 0. The minimum absolute atomic E-state index is 0.133. The monoisotopic (exact) mass is 121 g/mol. The van der Waals surface area contributed by atoms with Crippen molar-refractivity contribution in [1.29, 1.82) is 0 Å². The normalized spacial score (nSPS) is 9.00. The molecule has 3 heteroatoms. The summed E-state index contributed by atoms with van der Waals surface area (Å²) in [6.45, 7) is 1.42. The van der Waals surface area contributed by atoms with E-state index in [-0.39, 0.29) is 11.6 Å². The van der Waals surface area contributed by atoms with Gasteiger partial charge < -0.3 is 0 Å². The molecule has 0 atom stereocenters. The van der Waals surface area contributed by atoms with Crippen LogP contribution in [0.1, 0.15) is 17.5 Å². The largest absolute Gasteiger partial charge is 0.291 e. The fraction of sp³-hybridized carbons (Fsp3) is 0.167. The van der Waals surface area contributed by atoms with E-state index in [1.165, 1.54) is 13.1 Å². The van der Waals surface area contributed by atoms with E-state index in [2.05, 4.69) is 16.2 Å². The van der Waals surface area contributed by atoms with E-state index < -0.39 is 0 Å². The van der Waals surface area contributed by atoms with Crippen molar-refractivity contribution < 1.29 is 4.79 Å². The average Bonchev–Trinajstić information content (AvgIpc) is 1.90. The van der Waals surface area contributed by atoms with Crippen LogP contribution in [0.4, 0.5) is 0 Å². The first-order chi connectivity index (χ1) is 4.30. The average molecular weight is 121 g/mol. The van der Waals surface area contributed by atoms with Crippen LogP contribution in [0.3, 0.4) is 0 Å². The van der Waals surface area contributed by atoms with Gasteiger partial charge in [0.25, 0.3) is 0 Å². The van der Waals surface area contributed by atoms with Crippen LogP contribution in [0.15, 0.2) is 12.3 Å². The molecule has 1 heterocycles. The van der Waals surface area contributed by atoms with Crippen LogP contribution < -0.4 is 0 Å². The molecular weight excluding hydrogens is 116 g/mol. The summed E-state index contributed by atoms with van der Waals surface area (Å²) >= 11 is 0. The fourth-order valence-electron chi connectivity index (χ4n) is 0.438. The molecule has 0 bridgehead atoms. The minimum Gasteiger partial charge on any atom is -0.291 e. The molecule has 0 saturated heterocycles. The first kappa shape index (κ1) is 5.88. The zero-order valence-electron chi connectivity index (χ0n) is 4.96. The molecule has 0 aliphatic rings. The number of carbonyl (C=O) groups excluding carboxylic acids is 1. The van der Waals surface area contributed by atoms with Gasteiger partial charge in [0.1, 0.15) is 0 Å². The Bertz CT molecular complexity index is 208. The highest BCUT2D eigenvalue weighted by Gasteiger charge is 1.97. The Morgan fingerprint density at radius 1 is 1.78 bits per heavy atom. The van der Waals surface area contributed by atoms with E-state index >= 15 is 0 Å². The van der Waals surface area contributed by atoms with Crippen LogP contribution in [0.5, 0.6) is 0 Å². The molecular formula is C6H5N2O. The smallest absolute Gasteiger partial charge is 0.196 e. The summed E-state index contributed by atoms with van der Waals surface area (Å²) in [4.78, 5) is 17.8. The number of nitrogens with zero attached hydrogens (tertiary/aromatic N) is 2. The lowest BCUT2D eigenvalue weighted by atomic mass is 10.4. The minimum atomic E-state index is -0.133. The predicted octanol–water partition coefficient (Wildman–Crippen LogP) is 0.479. The Kier molecular flexibility index (Phi) is 1.53. The summed E-state index contributed by atoms with van der Waals surface area (Å²) in [5.41, 5.74) is 0. The molecule has 0 spiro atoms. The first-order valence-corrected chi connectivity index (χ1v) is 2.51. The maximum absolute atomic E-state index is 10.5. The molecule has 0 saturated carbocycles. The molecule has 0 aromatic carbocycles. The molecule has 1 aromatic heterocycles. The molecule has 0 unspecified atom stereocenters. The predicted molar refractivity (Wildman–Crippen MR) is 30.9 cm³/mol. The molecule has 45 valence electrons. The van der Waals surface area contributed by atoms with Crippen molar-refractivity contribution in [2.45, 2.75) is 6.92 Å². The Labute approximate surface area is 52.8 Å². The summed E-state index contributed by atoms with van der Waals surface area (Å²) < 4.78 is 0. The molecule has 1 radical (unpaired) electrons. The maximum Gasteiger partial charge on any atom is 0.196 e. The number of hydrogen-bond acceptors (Lipinski definition) is 3. The lowest BCUT2D eigenvalue weighted by molar-refractivity contribution is 0.100. The molecule has 0 aliphatic heterocycles. The molecule has 9 heavy (non-hydrogen) atoms. The standard InChI is InChI=1S/C6H5N2O/c1-5(9)6-7-3-2-4-8-6/h2-3H,1H3. The van der Waals surface area contributed by atoms with Gasteiger partial charge >= 0.3 is 0 Å². The number of hydrogen-bond donors (Lipinski definition) is 0. The number of carbonyl (C=O) groups is 1.